The number of rotatable bonds is 7. The molecular weight excluding hydrogens is 268 g/mol. The van der Waals surface area contributed by atoms with Gasteiger partial charge in [0.1, 0.15) is 0 Å². The average molecular weight is 286 g/mol. The monoisotopic (exact) mass is 286 g/mol. The van der Waals surface area contributed by atoms with E-state index in [0.29, 0.717) is 25.2 Å². The van der Waals surface area contributed by atoms with E-state index >= 15 is 0 Å². The van der Waals surface area contributed by atoms with Gasteiger partial charge in [0.25, 0.3) is 0 Å². The van der Waals surface area contributed by atoms with E-state index in [2.05, 4.69) is 15.2 Å². The molecule has 1 rings (SSSR count). The van der Waals surface area contributed by atoms with Gasteiger partial charge in [0, 0.05) is 25.2 Å². The number of nitrogens with one attached hydrogen (secondary N) is 2. The van der Waals surface area contributed by atoms with Gasteiger partial charge in [-0.2, -0.15) is 0 Å². The first-order valence-corrected chi connectivity index (χ1v) is 7.53. The van der Waals surface area contributed by atoms with Gasteiger partial charge in [0.15, 0.2) is 5.84 Å². The van der Waals surface area contributed by atoms with E-state index < -0.39 is 10.0 Å². The predicted octanol–water partition coefficient (Wildman–Crippen LogP) is -0.580. The minimum absolute atomic E-state index is 0.0665. The van der Waals surface area contributed by atoms with Crippen LogP contribution in [-0.2, 0) is 16.6 Å². The van der Waals surface area contributed by atoms with Gasteiger partial charge in [-0.25, -0.2) is 13.1 Å². The van der Waals surface area contributed by atoms with Crippen molar-refractivity contribution in [3.63, 3.8) is 0 Å². The number of oxime groups is 1. The van der Waals surface area contributed by atoms with Crippen LogP contribution in [0, 0.1) is 0 Å². The van der Waals surface area contributed by atoms with E-state index in [1.54, 1.807) is 12.1 Å². The van der Waals surface area contributed by atoms with Crippen molar-refractivity contribution < 1.29 is 13.6 Å². The van der Waals surface area contributed by atoms with Crippen LogP contribution in [-0.4, -0.2) is 38.8 Å². The summed E-state index contributed by atoms with van der Waals surface area (Å²) in [4.78, 5) is 0. The summed E-state index contributed by atoms with van der Waals surface area (Å²) in [6.45, 7) is 1.50. The summed E-state index contributed by atoms with van der Waals surface area (Å²) in [5, 5.41) is 14.5. The summed E-state index contributed by atoms with van der Waals surface area (Å²) in [5.74, 6) is 0.0665. The van der Waals surface area contributed by atoms with Crippen LogP contribution in [0.2, 0.25) is 0 Å². The highest BCUT2D eigenvalue weighted by Crippen LogP contribution is 2.03. The maximum atomic E-state index is 10.8. The minimum atomic E-state index is -3.13. The van der Waals surface area contributed by atoms with Crippen LogP contribution < -0.4 is 15.8 Å². The Balaban J connectivity index is 2.34. The van der Waals surface area contributed by atoms with Crippen LogP contribution >= 0.6 is 0 Å². The Bertz CT molecular complexity index is 525. The third kappa shape index (κ3) is 6.18. The first-order chi connectivity index (χ1) is 8.92. The van der Waals surface area contributed by atoms with E-state index in [1.165, 1.54) is 0 Å². The van der Waals surface area contributed by atoms with Crippen LogP contribution in [0.25, 0.3) is 0 Å². The lowest BCUT2D eigenvalue weighted by atomic mass is 10.1. The van der Waals surface area contributed by atoms with Crippen LogP contribution in [0.1, 0.15) is 11.1 Å². The summed E-state index contributed by atoms with van der Waals surface area (Å²) in [6, 6.07) is 7.20. The minimum Gasteiger partial charge on any atom is -0.409 e. The number of hydrogen-bond donors (Lipinski definition) is 4. The third-order valence-corrected chi connectivity index (χ3v) is 3.08. The molecule has 0 heterocycles. The van der Waals surface area contributed by atoms with E-state index in [9.17, 15) is 8.42 Å². The van der Waals surface area contributed by atoms with Crippen LogP contribution in [0.3, 0.4) is 0 Å². The molecule has 19 heavy (non-hydrogen) atoms. The summed E-state index contributed by atoms with van der Waals surface area (Å²) >= 11 is 0. The highest BCUT2D eigenvalue weighted by Gasteiger charge is 2.00. The second kappa shape index (κ2) is 7.07. The summed E-state index contributed by atoms with van der Waals surface area (Å²) < 4.78 is 24.0. The summed E-state index contributed by atoms with van der Waals surface area (Å²) in [5.41, 5.74) is 7.11. The zero-order valence-electron chi connectivity index (χ0n) is 10.6. The van der Waals surface area contributed by atoms with E-state index in [4.69, 9.17) is 10.9 Å². The Morgan fingerprint density at radius 3 is 2.47 bits per heavy atom. The van der Waals surface area contributed by atoms with Gasteiger partial charge in [-0.3, -0.25) is 0 Å². The van der Waals surface area contributed by atoms with Gasteiger partial charge in [0.2, 0.25) is 10.0 Å². The van der Waals surface area contributed by atoms with Crippen LogP contribution in [0.5, 0.6) is 0 Å². The zero-order valence-corrected chi connectivity index (χ0v) is 11.4. The molecule has 0 saturated carbocycles. The summed E-state index contributed by atoms with van der Waals surface area (Å²) in [7, 11) is -3.13. The van der Waals surface area contributed by atoms with Crippen molar-refractivity contribution in [2.45, 2.75) is 6.54 Å². The van der Waals surface area contributed by atoms with Crippen molar-refractivity contribution in [3.8, 4) is 0 Å². The Kier molecular flexibility index (Phi) is 5.74. The zero-order chi connectivity index (χ0) is 14.3. The van der Waals surface area contributed by atoms with Crippen molar-refractivity contribution >= 4 is 15.9 Å². The first kappa shape index (κ1) is 15.4. The molecule has 0 saturated heterocycles. The van der Waals surface area contributed by atoms with E-state index in [0.717, 1.165) is 11.8 Å². The highest BCUT2D eigenvalue weighted by molar-refractivity contribution is 7.88. The molecule has 1 aromatic rings. The Morgan fingerprint density at radius 1 is 1.32 bits per heavy atom. The fourth-order valence-corrected chi connectivity index (χ4v) is 1.88. The van der Waals surface area contributed by atoms with Gasteiger partial charge < -0.3 is 16.3 Å². The number of benzene rings is 1. The smallest absolute Gasteiger partial charge is 0.208 e. The molecule has 0 radical (unpaired) electrons. The topological polar surface area (TPSA) is 117 Å². The Labute approximate surface area is 112 Å². The van der Waals surface area contributed by atoms with Gasteiger partial charge in [-0.1, -0.05) is 29.4 Å². The SMILES string of the molecule is CS(=O)(=O)NCCNCc1ccc(C(N)=NO)cc1. The molecule has 5 N–H and O–H groups in total. The first-order valence-electron chi connectivity index (χ1n) is 5.64. The molecule has 0 aliphatic carbocycles. The van der Waals surface area contributed by atoms with Crippen molar-refractivity contribution in [3.05, 3.63) is 35.4 Å². The van der Waals surface area contributed by atoms with E-state index in [-0.39, 0.29) is 5.84 Å². The largest absolute Gasteiger partial charge is 0.409 e. The average Bonchev–Trinajstić information content (AvgIpc) is 2.37. The molecular formula is C11H18N4O3S. The quantitative estimate of drug-likeness (QED) is 0.176. The lowest BCUT2D eigenvalue weighted by molar-refractivity contribution is 0.318. The second-order valence-corrected chi connectivity index (χ2v) is 5.86. The highest BCUT2D eigenvalue weighted by atomic mass is 32.2. The number of sulfonamides is 1. The predicted molar refractivity (Wildman–Crippen MR) is 73.5 cm³/mol. The number of nitrogens with zero attached hydrogens (tertiary/aromatic N) is 1. The van der Waals surface area contributed by atoms with Gasteiger partial charge >= 0.3 is 0 Å². The molecule has 0 aliphatic heterocycles. The third-order valence-electron chi connectivity index (χ3n) is 2.35. The van der Waals surface area contributed by atoms with Gasteiger partial charge in [-0.15, -0.1) is 0 Å². The molecule has 0 amide bonds. The molecule has 0 unspecified atom stereocenters. The number of hydrogen-bond acceptors (Lipinski definition) is 5. The molecule has 0 aliphatic rings. The lowest BCUT2D eigenvalue weighted by Crippen LogP contribution is -2.30. The Morgan fingerprint density at radius 2 is 1.95 bits per heavy atom. The molecule has 0 fully saturated rings. The maximum Gasteiger partial charge on any atom is 0.208 e. The van der Waals surface area contributed by atoms with E-state index in [1.807, 2.05) is 12.1 Å². The molecule has 0 bridgehead atoms. The molecule has 0 spiro atoms. The second-order valence-electron chi connectivity index (χ2n) is 4.03. The van der Waals surface area contributed by atoms with Crippen molar-refractivity contribution in [2.24, 2.45) is 10.9 Å². The molecule has 0 atom stereocenters. The molecule has 7 nitrogen and oxygen atoms in total. The van der Waals surface area contributed by atoms with Gasteiger partial charge in [0.05, 0.1) is 6.26 Å². The van der Waals surface area contributed by atoms with Crippen molar-refractivity contribution in [1.82, 2.24) is 10.0 Å². The number of nitrogens with two attached hydrogens (primary N) is 1. The van der Waals surface area contributed by atoms with Crippen molar-refractivity contribution in [1.29, 1.82) is 0 Å². The number of amidine groups is 1. The maximum absolute atomic E-state index is 10.8. The molecule has 0 aromatic heterocycles. The lowest BCUT2D eigenvalue weighted by Gasteiger charge is -2.06. The standard InChI is InChI=1S/C11H18N4O3S/c1-19(17,18)14-7-6-13-8-9-2-4-10(5-3-9)11(12)15-16/h2-5,13-14,16H,6-8H2,1H3,(H2,12,15). The molecule has 8 heteroatoms. The van der Waals surface area contributed by atoms with Gasteiger partial charge in [-0.05, 0) is 5.56 Å². The fraction of sp³-hybridized carbons (Fsp3) is 0.364. The van der Waals surface area contributed by atoms with Crippen molar-refractivity contribution in [2.75, 3.05) is 19.3 Å². The molecule has 106 valence electrons. The normalized spacial score (nSPS) is 12.6. The molecule has 1 aromatic carbocycles. The Hall–Kier alpha value is -1.64. The summed E-state index contributed by atoms with van der Waals surface area (Å²) in [6.07, 6.45) is 1.12. The van der Waals surface area contributed by atoms with Crippen LogP contribution in [0.4, 0.5) is 0 Å². The fourth-order valence-electron chi connectivity index (χ4n) is 1.41. The van der Waals surface area contributed by atoms with Crippen LogP contribution in [0.15, 0.2) is 29.4 Å².